The monoisotopic (exact) mass is 161 g/mol. The number of pyridine rings is 1. The zero-order valence-corrected chi connectivity index (χ0v) is 5.81. The average Bonchev–Trinajstić information content (AvgIpc) is 1.86. The molecule has 60 valence electrons. The smallest absolute Gasteiger partial charge is 0.252 e. The van der Waals surface area contributed by atoms with Gasteiger partial charge in [0, 0.05) is 6.20 Å². The molecule has 11 heavy (non-hydrogen) atoms. The van der Waals surface area contributed by atoms with E-state index in [1.54, 1.807) is 6.92 Å². The van der Waals surface area contributed by atoms with Crippen LogP contribution in [0.1, 0.15) is 11.3 Å². The molecule has 0 saturated carbocycles. The standard InChI is InChI=1S/C7H6F3N/c1-5-2-3-6(11-4-5)7(8,9)10/h2-4H,1H3. The Bertz CT molecular complexity index is 237. The molecular weight excluding hydrogens is 155 g/mol. The van der Waals surface area contributed by atoms with Crippen molar-refractivity contribution in [2.45, 2.75) is 13.1 Å². The van der Waals surface area contributed by atoms with Crippen LogP contribution in [0.5, 0.6) is 0 Å². The predicted octanol–water partition coefficient (Wildman–Crippen LogP) is 2.41. The van der Waals surface area contributed by atoms with Gasteiger partial charge in [-0.15, -0.1) is 0 Å². The van der Waals surface area contributed by atoms with E-state index in [0.29, 0.717) is 0 Å². The fraction of sp³-hybridized carbons (Fsp3) is 0.286. The summed E-state index contributed by atoms with van der Waals surface area (Å²) in [6.07, 6.45) is -3.13. The van der Waals surface area contributed by atoms with Gasteiger partial charge in [0.25, 0.3) is 0 Å². The molecule has 1 nitrogen and oxygen atoms in total. The highest BCUT2D eigenvalue weighted by Gasteiger charge is 2.31. The molecule has 0 saturated heterocycles. The number of hydrogen-bond donors (Lipinski definition) is 0. The Labute approximate surface area is 61.9 Å². The van der Waals surface area contributed by atoms with Gasteiger partial charge >= 0.3 is 6.18 Å². The fourth-order valence-electron chi connectivity index (χ4n) is 0.635. The molecule has 1 aromatic rings. The Morgan fingerprint density at radius 3 is 2.27 bits per heavy atom. The van der Waals surface area contributed by atoms with Gasteiger partial charge in [-0.05, 0) is 18.6 Å². The van der Waals surface area contributed by atoms with Gasteiger partial charge in [0.05, 0.1) is 0 Å². The molecule has 1 heterocycles. The SMILES string of the molecule is Cc1ccc(C(F)(F)F)nc1. The molecule has 0 spiro atoms. The number of alkyl halides is 3. The summed E-state index contributed by atoms with van der Waals surface area (Å²) in [6, 6.07) is 2.35. The lowest BCUT2D eigenvalue weighted by Crippen LogP contribution is -2.07. The van der Waals surface area contributed by atoms with Gasteiger partial charge in [-0.3, -0.25) is 4.98 Å². The van der Waals surface area contributed by atoms with Crippen LogP contribution in [0.2, 0.25) is 0 Å². The maximum Gasteiger partial charge on any atom is 0.433 e. The Balaban J connectivity index is 2.99. The summed E-state index contributed by atoms with van der Waals surface area (Å²) in [5, 5.41) is 0. The number of hydrogen-bond acceptors (Lipinski definition) is 1. The molecular formula is C7H6F3N. The van der Waals surface area contributed by atoms with E-state index in [4.69, 9.17) is 0 Å². The van der Waals surface area contributed by atoms with Crippen LogP contribution in [-0.2, 0) is 6.18 Å². The lowest BCUT2D eigenvalue weighted by atomic mass is 10.3. The summed E-state index contributed by atoms with van der Waals surface area (Å²) >= 11 is 0. The minimum Gasteiger partial charge on any atom is -0.252 e. The van der Waals surface area contributed by atoms with Gasteiger partial charge in [0.1, 0.15) is 5.69 Å². The van der Waals surface area contributed by atoms with E-state index < -0.39 is 11.9 Å². The topological polar surface area (TPSA) is 12.9 Å². The van der Waals surface area contributed by atoms with Crippen molar-refractivity contribution in [2.75, 3.05) is 0 Å². The van der Waals surface area contributed by atoms with E-state index in [1.165, 1.54) is 12.3 Å². The third-order valence-corrected chi connectivity index (χ3v) is 1.20. The first-order valence-electron chi connectivity index (χ1n) is 3.00. The van der Waals surface area contributed by atoms with Crippen molar-refractivity contribution >= 4 is 0 Å². The first kappa shape index (κ1) is 8.04. The van der Waals surface area contributed by atoms with E-state index in [9.17, 15) is 13.2 Å². The van der Waals surface area contributed by atoms with Crippen molar-refractivity contribution in [3.8, 4) is 0 Å². The van der Waals surface area contributed by atoms with Crippen molar-refractivity contribution in [3.05, 3.63) is 29.6 Å². The van der Waals surface area contributed by atoms with Gasteiger partial charge in [0.15, 0.2) is 0 Å². The summed E-state index contributed by atoms with van der Waals surface area (Å²) < 4.78 is 35.6. The second kappa shape index (κ2) is 2.53. The summed E-state index contributed by atoms with van der Waals surface area (Å²) in [5.74, 6) is 0. The molecule has 0 aliphatic carbocycles. The summed E-state index contributed by atoms with van der Waals surface area (Å²) in [7, 11) is 0. The largest absolute Gasteiger partial charge is 0.433 e. The number of aromatic nitrogens is 1. The molecule has 0 aliphatic heterocycles. The Hall–Kier alpha value is -1.06. The molecule has 0 amide bonds. The highest BCUT2D eigenvalue weighted by atomic mass is 19.4. The number of halogens is 3. The van der Waals surface area contributed by atoms with Crippen molar-refractivity contribution in [2.24, 2.45) is 0 Å². The van der Waals surface area contributed by atoms with E-state index >= 15 is 0 Å². The minimum absolute atomic E-state index is 0.720. The summed E-state index contributed by atoms with van der Waals surface area (Å²) in [4.78, 5) is 3.22. The van der Waals surface area contributed by atoms with E-state index in [2.05, 4.69) is 4.98 Å². The van der Waals surface area contributed by atoms with Crippen LogP contribution in [0.3, 0.4) is 0 Å². The maximum atomic E-state index is 11.9. The zero-order valence-electron chi connectivity index (χ0n) is 5.81. The molecule has 1 rings (SSSR count). The quantitative estimate of drug-likeness (QED) is 0.569. The van der Waals surface area contributed by atoms with E-state index in [-0.39, 0.29) is 0 Å². The molecule has 0 aromatic carbocycles. The second-order valence-electron chi connectivity index (χ2n) is 2.22. The van der Waals surface area contributed by atoms with E-state index in [1.807, 2.05) is 0 Å². The molecule has 0 atom stereocenters. The molecule has 0 aliphatic rings. The van der Waals surface area contributed by atoms with Crippen molar-refractivity contribution < 1.29 is 13.2 Å². The van der Waals surface area contributed by atoms with Crippen molar-refractivity contribution in [1.29, 1.82) is 0 Å². The lowest BCUT2D eigenvalue weighted by Gasteiger charge is -2.03. The highest BCUT2D eigenvalue weighted by Crippen LogP contribution is 2.26. The third kappa shape index (κ3) is 1.93. The molecule has 0 bridgehead atoms. The first-order chi connectivity index (χ1) is 5.00. The number of nitrogens with zero attached hydrogens (tertiary/aromatic N) is 1. The number of aryl methyl sites for hydroxylation is 1. The average molecular weight is 161 g/mol. The molecule has 1 aromatic heterocycles. The first-order valence-corrected chi connectivity index (χ1v) is 3.00. The van der Waals surface area contributed by atoms with Crippen molar-refractivity contribution in [3.63, 3.8) is 0 Å². The third-order valence-electron chi connectivity index (χ3n) is 1.20. The van der Waals surface area contributed by atoms with Crippen LogP contribution >= 0.6 is 0 Å². The van der Waals surface area contributed by atoms with Gasteiger partial charge < -0.3 is 0 Å². The van der Waals surface area contributed by atoms with Crippen LogP contribution < -0.4 is 0 Å². The summed E-state index contributed by atoms with van der Waals surface area (Å²) in [5.41, 5.74) is -0.124. The highest BCUT2D eigenvalue weighted by molar-refractivity contribution is 5.14. The lowest BCUT2D eigenvalue weighted by molar-refractivity contribution is -0.141. The minimum atomic E-state index is -4.33. The van der Waals surface area contributed by atoms with Gasteiger partial charge in [0.2, 0.25) is 0 Å². The molecule has 0 fully saturated rings. The molecule has 0 N–H and O–H groups in total. The van der Waals surface area contributed by atoms with Gasteiger partial charge in [-0.25, -0.2) is 0 Å². The Morgan fingerprint density at radius 1 is 1.27 bits per heavy atom. The molecule has 4 heteroatoms. The number of rotatable bonds is 0. The Morgan fingerprint density at radius 2 is 1.91 bits per heavy atom. The fourth-order valence-corrected chi connectivity index (χ4v) is 0.635. The van der Waals surface area contributed by atoms with Crippen LogP contribution in [-0.4, -0.2) is 4.98 Å². The van der Waals surface area contributed by atoms with Crippen LogP contribution in [0.25, 0.3) is 0 Å². The van der Waals surface area contributed by atoms with Crippen LogP contribution in [0.15, 0.2) is 18.3 Å². The maximum absolute atomic E-state index is 11.9. The molecule has 0 unspecified atom stereocenters. The zero-order chi connectivity index (χ0) is 8.48. The normalized spacial score (nSPS) is 11.6. The van der Waals surface area contributed by atoms with Crippen LogP contribution in [0, 0.1) is 6.92 Å². The van der Waals surface area contributed by atoms with E-state index in [0.717, 1.165) is 11.6 Å². The van der Waals surface area contributed by atoms with Gasteiger partial charge in [-0.1, -0.05) is 6.07 Å². The van der Waals surface area contributed by atoms with Crippen LogP contribution in [0.4, 0.5) is 13.2 Å². The van der Waals surface area contributed by atoms with Crippen molar-refractivity contribution in [1.82, 2.24) is 4.98 Å². The molecule has 0 radical (unpaired) electrons. The second-order valence-corrected chi connectivity index (χ2v) is 2.22. The predicted molar refractivity (Wildman–Crippen MR) is 34.0 cm³/mol. The summed E-state index contributed by atoms with van der Waals surface area (Å²) in [6.45, 7) is 1.69. The van der Waals surface area contributed by atoms with Gasteiger partial charge in [-0.2, -0.15) is 13.2 Å². The Kier molecular flexibility index (Phi) is 1.85.